The van der Waals surface area contributed by atoms with Crippen LogP contribution in [0, 0.1) is 0 Å². The first kappa shape index (κ1) is 13.4. The third kappa shape index (κ3) is 5.22. The number of carbonyl (C=O) groups excluding carboxylic acids is 2. The molecule has 1 unspecified atom stereocenters. The monoisotopic (exact) mass is 220 g/mol. The zero-order valence-electron chi connectivity index (χ0n) is 8.72. The fraction of sp³-hybridized carbons (Fsp3) is 0.800. The molecule has 82 valence electrons. The minimum atomic E-state index is -0.816. The summed E-state index contributed by atoms with van der Waals surface area (Å²) in [4.78, 5) is 22.2. The summed E-state index contributed by atoms with van der Waals surface area (Å²) >= 11 is 5.75. The molecule has 3 nitrogen and oxygen atoms in total. The third-order valence-electron chi connectivity index (χ3n) is 1.82. The van der Waals surface area contributed by atoms with Gasteiger partial charge < -0.3 is 4.74 Å². The average Bonchev–Trinajstić information content (AvgIpc) is 2.17. The van der Waals surface area contributed by atoms with Gasteiger partial charge in [-0.2, -0.15) is 0 Å². The van der Waals surface area contributed by atoms with E-state index in [1.54, 1.807) is 6.92 Å². The molecule has 1 atom stereocenters. The maximum Gasteiger partial charge on any atom is 0.376 e. The second kappa shape index (κ2) is 7.80. The Bertz CT molecular complexity index is 192. The topological polar surface area (TPSA) is 43.4 Å². The molecular weight excluding hydrogens is 204 g/mol. The minimum absolute atomic E-state index is 0.211. The summed E-state index contributed by atoms with van der Waals surface area (Å²) in [7, 11) is 0. The number of halogens is 1. The van der Waals surface area contributed by atoms with Gasteiger partial charge in [0.1, 0.15) is 5.38 Å². The van der Waals surface area contributed by atoms with Gasteiger partial charge in [-0.1, -0.05) is 26.2 Å². The number of hydrogen-bond acceptors (Lipinski definition) is 3. The van der Waals surface area contributed by atoms with E-state index in [0.717, 1.165) is 19.3 Å². The van der Waals surface area contributed by atoms with E-state index in [4.69, 9.17) is 11.6 Å². The van der Waals surface area contributed by atoms with Crippen LogP contribution in [0.4, 0.5) is 0 Å². The molecule has 0 aliphatic carbocycles. The fourth-order valence-electron chi connectivity index (χ4n) is 1.03. The van der Waals surface area contributed by atoms with Gasteiger partial charge in [0.25, 0.3) is 5.78 Å². The van der Waals surface area contributed by atoms with Crippen molar-refractivity contribution in [2.24, 2.45) is 0 Å². The number of carbonyl (C=O) groups is 2. The quantitative estimate of drug-likeness (QED) is 0.286. The molecule has 4 heteroatoms. The molecule has 0 aliphatic rings. The Morgan fingerprint density at radius 2 is 1.93 bits per heavy atom. The lowest BCUT2D eigenvalue weighted by Gasteiger charge is -2.06. The Morgan fingerprint density at radius 3 is 2.43 bits per heavy atom. The highest BCUT2D eigenvalue weighted by atomic mass is 35.5. The standard InChI is InChI=1S/C10H17ClO3/c1-3-5-6-7-8(11)9(12)10(13)14-4-2/h8H,3-7H2,1-2H3. The highest BCUT2D eigenvalue weighted by Gasteiger charge is 2.23. The summed E-state index contributed by atoms with van der Waals surface area (Å²) in [6.07, 6.45) is 3.51. The van der Waals surface area contributed by atoms with Crippen LogP contribution in [0.1, 0.15) is 39.5 Å². The smallest absolute Gasteiger partial charge is 0.376 e. The molecule has 0 bridgehead atoms. The minimum Gasteiger partial charge on any atom is -0.460 e. The van der Waals surface area contributed by atoms with Crippen LogP contribution in [0.25, 0.3) is 0 Å². The van der Waals surface area contributed by atoms with Gasteiger partial charge in [-0.15, -0.1) is 11.6 Å². The number of hydrogen-bond donors (Lipinski definition) is 0. The zero-order valence-corrected chi connectivity index (χ0v) is 9.47. The molecule has 0 aromatic rings. The van der Waals surface area contributed by atoms with Crippen molar-refractivity contribution in [2.75, 3.05) is 6.61 Å². The van der Waals surface area contributed by atoms with Crippen LogP contribution in [-0.4, -0.2) is 23.7 Å². The zero-order chi connectivity index (χ0) is 11.0. The summed E-state index contributed by atoms with van der Waals surface area (Å²) in [5.74, 6) is -1.44. The summed E-state index contributed by atoms with van der Waals surface area (Å²) in [5, 5.41) is -0.722. The molecule has 0 spiro atoms. The molecule has 0 fully saturated rings. The summed E-state index contributed by atoms with van der Waals surface area (Å²) in [5.41, 5.74) is 0. The molecule has 14 heavy (non-hydrogen) atoms. The van der Waals surface area contributed by atoms with E-state index in [1.807, 2.05) is 0 Å². The number of alkyl halides is 1. The van der Waals surface area contributed by atoms with Crippen molar-refractivity contribution in [3.8, 4) is 0 Å². The Kier molecular flexibility index (Phi) is 7.48. The van der Waals surface area contributed by atoms with Crippen molar-refractivity contribution in [1.82, 2.24) is 0 Å². The van der Waals surface area contributed by atoms with Gasteiger partial charge in [0, 0.05) is 0 Å². The van der Waals surface area contributed by atoms with Crippen LogP contribution in [0.2, 0.25) is 0 Å². The van der Waals surface area contributed by atoms with Crippen LogP contribution in [0.5, 0.6) is 0 Å². The number of ether oxygens (including phenoxy) is 1. The van der Waals surface area contributed by atoms with E-state index >= 15 is 0 Å². The van der Waals surface area contributed by atoms with Crippen molar-refractivity contribution in [3.05, 3.63) is 0 Å². The first-order chi connectivity index (χ1) is 6.63. The van der Waals surface area contributed by atoms with Gasteiger partial charge >= 0.3 is 5.97 Å². The third-order valence-corrected chi connectivity index (χ3v) is 2.24. The molecule has 0 N–H and O–H groups in total. The normalized spacial score (nSPS) is 12.2. The van der Waals surface area contributed by atoms with Gasteiger partial charge in [-0.3, -0.25) is 4.79 Å². The molecule has 0 saturated heterocycles. The maximum absolute atomic E-state index is 11.2. The fourth-order valence-corrected chi connectivity index (χ4v) is 1.28. The molecule has 0 amide bonds. The van der Waals surface area contributed by atoms with Crippen molar-refractivity contribution in [3.63, 3.8) is 0 Å². The van der Waals surface area contributed by atoms with E-state index < -0.39 is 17.1 Å². The molecule has 0 saturated carbocycles. The molecule has 0 heterocycles. The lowest BCUT2D eigenvalue weighted by Crippen LogP contribution is -2.26. The van der Waals surface area contributed by atoms with Crippen LogP contribution in [0.3, 0.4) is 0 Å². The average molecular weight is 221 g/mol. The van der Waals surface area contributed by atoms with Crippen LogP contribution in [0.15, 0.2) is 0 Å². The first-order valence-electron chi connectivity index (χ1n) is 4.98. The van der Waals surface area contributed by atoms with Gasteiger partial charge in [-0.05, 0) is 13.3 Å². The molecule has 0 aromatic heterocycles. The number of rotatable bonds is 7. The van der Waals surface area contributed by atoms with Crippen LogP contribution < -0.4 is 0 Å². The van der Waals surface area contributed by atoms with Gasteiger partial charge in [0.2, 0.25) is 0 Å². The molecular formula is C10H17ClO3. The lowest BCUT2D eigenvalue weighted by molar-refractivity contribution is -0.153. The second-order valence-corrected chi connectivity index (χ2v) is 3.57. The number of unbranched alkanes of at least 4 members (excludes halogenated alkanes) is 2. The predicted molar refractivity (Wildman–Crippen MR) is 55.4 cm³/mol. The Labute approximate surface area is 89.8 Å². The lowest BCUT2D eigenvalue weighted by atomic mass is 10.1. The summed E-state index contributed by atoms with van der Waals surface area (Å²) in [6, 6.07) is 0. The maximum atomic E-state index is 11.2. The van der Waals surface area contributed by atoms with Crippen molar-refractivity contribution < 1.29 is 14.3 Å². The van der Waals surface area contributed by atoms with E-state index in [9.17, 15) is 9.59 Å². The van der Waals surface area contributed by atoms with Gasteiger partial charge in [0.15, 0.2) is 0 Å². The molecule has 0 rings (SSSR count). The molecule has 0 radical (unpaired) electrons. The van der Waals surface area contributed by atoms with E-state index in [1.165, 1.54) is 0 Å². The predicted octanol–water partition coefficient (Wildman–Crippen LogP) is 2.31. The molecule has 0 aliphatic heterocycles. The van der Waals surface area contributed by atoms with Crippen LogP contribution in [-0.2, 0) is 14.3 Å². The highest BCUT2D eigenvalue weighted by Crippen LogP contribution is 2.10. The number of esters is 1. The van der Waals surface area contributed by atoms with Crippen molar-refractivity contribution in [1.29, 1.82) is 0 Å². The highest BCUT2D eigenvalue weighted by molar-refractivity contribution is 6.47. The number of ketones is 1. The Balaban J connectivity index is 3.80. The van der Waals surface area contributed by atoms with E-state index in [-0.39, 0.29) is 6.61 Å². The summed E-state index contributed by atoms with van der Waals surface area (Å²) in [6.45, 7) is 3.94. The van der Waals surface area contributed by atoms with Crippen molar-refractivity contribution in [2.45, 2.75) is 44.9 Å². The summed E-state index contributed by atoms with van der Waals surface area (Å²) < 4.78 is 4.56. The van der Waals surface area contributed by atoms with Crippen molar-refractivity contribution >= 4 is 23.4 Å². The Hall–Kier alpha value is -0.570. The second-order valence-electron chi connectivity index (χ2n) is 3.05. The van der Waals surface area contributed by atoms with E-state index in [2.05, 4.69) is 11.7 Å². The first-order valence-corrected chi connectivity index (χ1v) is 5.42. The van der Waals surface area contributed by atoms with E-state index in [0.29, 0.717) is 6.42 Å². The molecule has 0 aromatic carbocycles. The largest absolute Gasteiger partial charge is 0.460 e. The van der Waals surface area contributed by atoms with Crippen LogP contribution >= 0.6 is 11.6 Å². The Morgan fingerprint density at radius 1 is 1.29 bits per heavy atom. The SMILES string of the molecule is CCCCCC(Cl)C(=O)C(=O)OCC. The van der Waals surface area contributed by atoms with Gasteiger partial charge in [-0.25, -0.2) is 4.79 Å². The van der Waals surface area contributed by atoms with Gasteiger partial charge in [0.05, 0.1) is 6.61 Å². The number of Topliss-reactive ketones (excluding diaryl/α,β-unsaturated/α-hetero) is 1.